The third kappa shape index (κ3) is 4.61. The Balaban J connectivity index is 2.09. The van der Waals surface area contributed by atoms with Crippen LogP contribution in [-0.2, 0) is 9.53 Å². The number of aryl methyl sites for hydroxylation is 1. The van der Waals surface area contributed by atoms with Gasteiger partial charge in [-0.1, -0.05) is 23.7 Å². The summed E-state index contributed by atoms with van der Waals surface area (Å²) in [5, 5.41) is 3.20. The van der Waals surface area contributed by atoms with Gasteiger partial charge in [-0.25, -0.2) is 4.79 Å². The Morgan fingerprint density at radius 1 is 1.25 bits per heavy atom. The fraction of sp³-hybridized carbons (Fsp3) is 0.350. The summed E-state index contributed by atoms with van der Waals surface area (Å²) in [4.78, 5) is 40.9. The van der Waals surface area contributed by atoms with Gasteiger partial charge in [-0.05, 0) is 38.5 Å². The van der Waals surface area contributed by atoms with Gasteiger partial charge in [0, 0.05) is 5.69 Å². The highest BCUT2D eigenvalue weighted by Gasteiger charge is 2.30. The Morgan fingerprint density at radius 2 is 1.89 bits per heavy atom. The summed E-state index contributed by atoms with van der Waals surface area (Å²) in [6, 6.07) is 6.46. The van der Waals surface area contributed by atoms with Gasteiger partial charge in [-0.15, -0.1) is 0 Å². The number of Topliss-reactive ketones (excluding diaryl/α,β-unsaturated/α-hetero) is 1. The van der Waals surface area contributed by atoms with Crippen molar-refractivity contribution in [3.63, 3.8) is 0 Å². The molecule has 1 aromatic carbocycles. The Kier molecular flexibility index (Phi) is 6.99. The number of quaternary nitrogens is 1. The van der Waals surface area contributed by atoms with Gasteiger partial charge in [0.25, 0.3) is 5.91 Å². The lowest BCUT2D eigenvalue weighted by atomic mass is 10.0. The number of H-pyrrole nitrogens is 1. The highest BCUT2D eigenvalue weighted by Crippen LogP contribution is 2.21. The molecular weight excluding hydrogens is 382 g/mol. The van der Waals surface area contributed by atoms with E-state index in [4.69, 9.17) is 16.3 Å². The predicted octanol–water partition coefficient (Wildman–Crippen LogP) is 1.80. The van der Waals surface area contributed by atoms with E-state index < -0.39 is 12.0 Å². The summed E-state index contributed by atoms with van der Waals surface area (Å²) in [6.07, 6.45) is 0. The number of rotatable bonds is 7. The standard InChI is InChI=1S/C20H24ClN3O4/c1-11-17(20(27)28-5)12(2)22-18(11)19(26)13(3)24(4)10-16(25)23-15-9-7-6-8-14(15)21/h6-9,13,22H,10H2,1-5H3,(H,23,25)/p+1/t13-/m1/s1. The number of ketones is 1. The van der Waals surface area contributed by atoms with Crippen molar-refractivity contribution in [3.05, 3.63) is 51.8 Å². The minimum Gasteiger partial charge on any atom is -0.465 e. The molecule has 0 saturated heterocycles. The number of aromatic amines is 1. The first kappa shape index (κ1) is 21.7. The molecule has 0 aliphatic carbocycles. The van der Waals surface area contributed by atoms with E-state index in [1.807, 2.05) is 0 Å². The van der Waals surface area contributed by atoms with Gasteiger partial charge in [0.05, 0.1) is 36.1 Å². The quantitative estimate of drug-likeness (QED) is 0.483. The van der Waals surface area contributed by atoms with Crippen LogP contribution in [0.25, 0.3) is 0 Å². The average molecular weight is 407 g/mol. The van der Waals surface area contributed by atoms with Gasteiger partial charge < -0.3 is 19.9 Å². The van der Waals surface area contributed by atoms with Crippen molar-refractivity contribution in [1.82, 2.24) is 4.98 Å². The van der Waals surface area contributed by atoms with Crippen molar-refractivity contribution in [1.29, 1.82) is 0 Å². The maximum atomic E-state index is 12.9. The molecule has 7 nitrogen and oxygen atoms in total. The van der Waals surface area contributed by atoms with Crippen LogP contribution in [0.3, 0.4) is 0 Å². The van der Waals surface area contributed by atoms with Crippen LogP contribution in [0, 0.1) is 13.8 Å². The van der Waals surface area contributed by atoms with E-state index in [9.17, 15) is 14.4 Å². The highest BCUT2D eigenvalue weighted by atomic mass is 35.5. The second-order valence-electron chi connectivity index (χ2n) is 6.75. The van der Waals surface area contributed by atoms with Crippen LogP contribution >= 0.6 is 11.6 Å². The third-order valence-corrected chi connectivity index (χ3v) is 5.12. The molecule has 0 saturated carbocycles. The first-order chi connectivity index (χ1) is 13.2. The topological polar surface area (TPSA) is 92.7 Å². The van der Waals surface area contributed by atoms with Gasteiger partial charge in [0.1, 0.15) is 0 Å². The van der Waals surface area contributed by atoms with Crippen molar-refractivity contribution < 1.29 is 24.0 Å². The molecule has 0 spiro atoms. The van der Waals surface area contributed by atoms with Gasteiger partial charge in [-0.3, -0.25) is 9.59 Å². The number of halogens is 1. The van der Waals surface area contributed by atoms with Gasteiger partial charge >= 0.3 is 5.97 Å². The van der Waals surface area contributed by atoms with E-state index in [2.05, 4.69) is 10.3 Å². The molecule has 2 atom stereocenters. The normalized spacial score (nSPS) is 12.9. The Bertz CT molecular complexity index is 907. The lowest BCUT2D eigenvalue weighted by molar-refractivity contribution is -0.885. The number of nitrogens with one attached hydrogen (secondary N) is 3. The van der Waals surface area contributed by atoms with Crippen LogP contribution in [0.15, 0.2) is 24.3 Å². The van der Waals surface area contributed by atoms with Crippen LogP contribution < -0.4 is 10.2 Å². The van der Waals surface area contributed by atoms with Gasteiger partial charge in [0.15, 0.2) is 12.6 Å². The second-order valence-corrected chi connectivity index (χ2v) is 7.16. The molecule has 1 amide bonds. The van der Waals surface area contributed by atoms with Crippen molar-refractivity contribution in [3.8, 4) is 0 Å². The number of carbonyl (C=O) groups excluding carboxylic acids is 3. The largest absolute Gasteiger partial charge is 0.465 e. The third-order valence-electron chi connectivity index (χ3n) is 4.79. The molecule has 0 aliphatic rings. The van der Waals surface area contributed by atoms with Gasteiger partial charge in [0.2, 0.25) is 5.78 Å². The SMILES string of the molecule is COC(=O)c1c(C)[nH]c(C(=O)[C@@H](C)[NH+](C)CC(=O)Nc2ccccc2Cl)c1C. The number of methoxy groups -OCH3 is 1. The fourth-order valence-electron chi connectivity index (χ4n) is 3.01. The zero-order chi connectivity index (χ0) is 21.0. The highest BCUT2D eigenvalue weighted by molar-refractivity contribution is 6.33. The smallest absolute Gasteiger partial charge is 0.339 e. The summed E-state index contributed by atoms with van der Waals surface area (Å²) in [6.45, 7) is 5.25. The Labute approximate surface area is 169 Å². The first-order valence-electron chi connectivity index (χ1n) is 8.85. The molecule has 1 unspecified atom stereocenters. The van der Waals surface area contributed by atoms with Crippen LogP contribution in [-0.4, -0.2) is 49.4 Å². The van der Waals surface area contributed by atoms with Crippen LogP contribution in [0.4, 0.5) is 5.69 Å². The van der Waals surface area contributed by atoms with Crippen LogP contribution in [0.1, 0.15) is 39.0 Å². The molecule has 0 aliphatic heterocycles. The number of para-hydroxylation sites is 1. The van der Waals surface area contributed by atoms with Crippen molar-refractivity contribution in [2.45, 2.75) is 26.8 Å². The summed E-state index contributed by atoms with van der Waals surface area (Å²) in [5.41, 5.74) is 2.38. The molecule has 2 rings (SSSR count). The maximum Gasteiger partial charge on any atom is 0.339 e. The van der Waals surface area contributed by atoms with Crippen molar-refractivity contribution in [2.75, 3.05) is 26.0 Å². The molecule has 3 N–H and O–H groups in total. The number of carbonyl (C=O) groups is 3. The lowest BCUT2D eigenvalue weighted by Crippen LogP contribution is -3.14. The summed E-state index contributed by atoms with van der Waals surface area (Å²) in [5.74, 6) is -0.920. The van der Waals surface area contributed by atoms with Gasteiger partial charge in [-0.2, -0.15) is 0 Å². The molecule has 0 bridgehead atoms. The lowest BCUT2D eigenvalue weighted by Gasteiger charge is -2.20. The number of ether oxygens (including phenoxy) is 1. The number of benzene rings is 1. The monoisotopic (exact) mass is 406 g/mol. The number of hydrogen-bond donors (Lipinski definition) is 3. The second kappa shape index (κ2) is 9.03. The predicted molar refractivity (Wildman–Crippen MR) is 107 cm³/mol. The summed E-state index contributed by atoms with van der Waals surface area (Å²) in [7, 11) is 3.06. The molecule has 2 aromatic rings. The molecule has 1 heterocycles. The molecular formula is C20H25ClN3O4+. The van der Waals surface area contributed by atoms with E-state index >= 15 is 0 Å². The molecule has 8 heteroatoms. The Morgan fingerprint density at radius 3 is 2.50 bits per heavy atom. The summed E-state index contributed by atoms with van der Waals surface area (Å²) < 4.78 is 4.78. The van der Waals surface area contributed by atoms with E-state index in [1.54, 1.807) is 52.1 Å². The zero-order valence-electron chi connectivity index (χ0n) is 16.6. The Hall–Kier alpha value is -2.64. The zero-order valence-corrected chi connectivity index (χ0v) is 17.4. The number of esters is 1. The van der Waals surface area contributed by atoms with Crippen molar-refractivity contribution in [2.24, 2.45) is 0 Å². The molecule has 28 heavy (non-hydrogen) atoms. The maximum absolute atomic E-state index is 12.9. The minimum atomic E-state index is -0.501. The van der Waals surface area contributed by atoms with Crippen LogP contribution in [0.5, 0.6) is 0 Å². The minimum absolute atomic E-state index is 0.0841. The summed E-state index contributed by atoms with van der Waals surface area (Å²) >= 11 is 6.05. The van der Waals surface area contributed by atoms with Crippen molar-refractivity contribution >= 4 is 34.9 Å². The van der Waals surface area contributed by atoms with E-state index in [-0.39, 0.29) is 18.2 Å². The number of anilines is 1. The van der Waals surface area contributed by atoms with E-state index in [0.29, 0.717) is 38.1 Å². The van der Waals surface area contributed by atoms with E-state index in [1.165, 1.54) is 7.11 Å². The number of aromatic nitrogens is 1. The number of amides is 1. The van der Waals surface area contributed by atoms with E-state index in [0.717, 1.165) is 0 Å². The number of likely N-dealkylation sites (N-methyl/N-ethyl adjacent to an activating group) is 1. The first-order valence-corrected chi connectivity index (χ1v) is 9.23. The van der Waals surface area contributed by atoms with Crippen LogP contribution in [0.2, 0.25) is 5.02 Å². The molecule has 1 aromatic heterocycles. The molecule has 0 fully saturated rings. The average Bonchev–Trinajstić information content (AvgIpc) is 2.95. The molecule has 150 valence electrons. The molecule has 0 radical (unpaired) electrons. The fourth-order valence-corrected chi connectivity index (χ4v) is 3.19. The number of hydrogen-bond acceptors (Lipinski definition) is 4.